The van der Waals surface area contributed by atoms with Crippen molar-refractivity contribution < 1.29 is 18.7 Å². The van der Waals surface area contributed by atoms with Crippen LogP contribution in [0.4, 0.5) is 0 Å². The molecule has 0 spiro atoms. The molecule has 0 aliphatic carbocycles. The maximum Gasteiger partial charge on any atom is 0.257 e. The highest BCUT2D eigenvalue weighted by atomic mass is 16.5. The molecule has 29 heavy (non-hydrogen) atoms. The molecule has 150 valence electrons. The highest BCUT2D eigenvalue weighted by molar-refractivity contribution is 5.97. The number of benzene rings is 1. The van der Waals surface area contributed by atoms with Crippen molar-refractivity contribution >= 4 is 5.91 Å². The molecule has 1 aliphatic heterocycles. The third-order valence-corrected chi connectivity index (χ3v) is 5.05. The molecule has 0 N–H and O–H groups in total. The SMILES string of the molecule is COc1ccc(C(=O)N2CCc3oc(CCc4cccnc4)nc3C2)c(OC)c1. The number of hydrogen-bond acceptors (Lipinski definition) is 6. The molecule has 0 saturated heterocycles. The number of carbonyl (C=O) groups is 1. The average molecular weight is 393 g/mol. The van der Waals surface area contributed by atoms with E-state index in [-0.39, 0.29) is 5.91 Å². The Morgan fingerprint density at radius 3 is 2.86 bits per heavy atom. The molecule has 0 radical (unpaired) electrons. The van der Waals surface area contributed by atoms with Crippen LogP contribution >= 0.6 is 0 Å². The Labute approximate surface area is 169 Å². The molecule has 7 heteroatoms. The number of methoxy groups -OCH3 is 2. The monoisotopic (exact) mass is 393 g/mol. The zero-order valence-corrected chi connectivity index (χ0v) is 16.6. The smallest absolute Gasteiger partial charge is 0.257 e. The predicted octanol–water partition coefficient (Wildman–Crippen LogP) is 3.07. The standard InChI is InChI=1S/C22H23N3O4/c1-27-16-6-7-17(20(12-16)28-2)22(26)25-11-9-19-18(14-25)24-21(29-19)8-5-15-4-3-10-23-13-15/h3-4,6-7,10,12-13H,5,8-9,11,14H2,1-2H3. The van der Waals surface area contributed by atoms with Crippen molar-refractivity contribution in [2.45, 2.75) is 25.8 Å². The summed E-state index contributed by atoms with van der Waals surface area (Å²) in [7, 11) is 3.13. The number of pyridine rings is 1. The molecule has 3 heterocycles. The van der Waals surface area contributed by atoms with Gasteiger partial charge in [0, 0.05) is 37.8 Å². The Kier molecular flexibility index (Phi) is 5.46. The fraction of sp³-hybridized carbons (Fsp3) is 0.318. The van der Waals surface area contributed by atoms with Crippen molar-refractivity contribution in [1.29, 1.82) is 0 Å². The van der Waals surface area contributed by atoms with E-state index in [9.17, 15) is 4.79 Å². The van der Waals surface area contributed by atoms with Gasteiger partial charge in [0.1, 0.15) is 23.0 Å². The van der Waals surface area contributed by atoms with Crippen molar-refractivity contribution in [2.75, 3.05) is 20.8 Å². The molecule has 4 rings (SSSR count). The third-order valence-electron chi connectivity index (χ3n) is 5.05. The van der Waals surface area contributed by atoms with Crippen LogP contribution in [0.2, 0.25) is 0 Å². The van der Waals surface area contributed by atoms with Gasteiger partial charge in [0.25, 0.3) is 5.91 Å². The zero-order valence-electron chi connectivity index (χ0n) is 16.6. The molecule has 2 aromatic heterocycles. The number of carbonyl (C=O) groups excluding carboxylic acids is 1. The molecule has 0 atom stereocenters. The number of rotatable bonds is 6. The summed E-state index contributed by atoms with van der Waals surface area (Å²) in [4.78, 5) is 23.6. The summed E-state index contributed by atoms with van der Waals surface area (Å²) in [6.07, 6.45) is 5.79. The quantitative estimate of drug-likeness (QED) is 0.641. The van der Waals surface area contributed by atoms with Crippen LogP contribution in [0.3, 0.4) is 0 Å². The third kappa shape index (κ3) is 4.08. The predicted molar refractivity (Wildman–Crippen MR) is 106 cm³/mol. The van der Waals surface area contributed by atoms with E-state index in [0.29, 0.717) is 48.9 Å². The van der Waals surface area contributed by atoms with E-state index in [4.69, 9.17) is 13.9 Å². The molecule has 0 saturated carbocycles. The summed E-state index contributed by atoms with van der Waals surface area (Å²) in [6.45, 7) is 1.01. The molecule has 1 amide bonds. The van der Waals surface area contributed by atoms with E-state index in [2.05, 4.69) is 9.97 Å². The second-order valence-corrected chi connectivity index (χ2v) is 6.88. The maximum absolute atomic E-state index is 13.0. The summed E-state index contributed by atoms with van der Waals surface area (Å²) in [6, 6.07) is 9.18. The Bertz CT molecular complexity index is 1000. The fourth-order valence-electron chi connectivity index (χ4n) is 3.48. The van der Waals surface area contributed by atoms with Gasteiger partial charge < -0.3 is 18.8 Å². The zero-order chi connectivity index (χ0) is 20.2. The Morgan fingerprint density at radius 2 is 2.10 bits per heavy atom. The normalized spacial score (nSPS) is 13.1. The highest BCUT2D eigenvalue weighted by Gasteiger charge is 2.27. The fourth-order valence-corrected chi connectivity index (χ4v) is 3.48. The molecule has 0 unspecified atom stereocenters. The lowest BCUT2D eigenvalue weighted by Crippen LogP contribution is -2.36. The van der Waals surface area contributed by atoms with E-state index >= 15 is 0 Å². The summed E-state index contributed by atoms with van der Waals surface area (Å²) >= 11 is 0. The summed E-state index contributed by atoms with van der Waals surface area (Å²) in [5, 5.41) is 0. The van der Waals surface area contributed by atoms with Gasteiger partial charge in [-0.05, 0) is 30.2 Å². The van der Waals surface area contributed by atoms with Gasteiger partial charge in [-0.2, -0.15) is 0 Å². The van der Waals surface area contributed by atoms with E-state index in [1.165, 1.54) is 0 Å². The van der Waals surface area contributed by atoms with Crippen LogP contribution in [0, 0.1) is 0 Å². The van der Waals surface area contributed by atoms with Crippen molar-refractivity contribution in [1.82, 2.24) is 14.9 Å². The Morgan fingerprint density at radius 1 is 1.21 bits per heavy atom. The van der Waals surface area contributed by atoms with E-state index in [0.717, 1.165) is 23.4 Å². The lowest BCUT2D eigenvalue weighted by molar-refractivity contribution is 0.0724. The molecule has 0 bridgehead atoms. The van der Waals surface area contributed by atoms with Crippen molar-refractivity contribution in [3.8, 4) is 11.5 Å². The van der Waals surface area contributed by atoms with Gasteiger partial charge in [0.15, 0.2) is 5.89 Å². The molecular weight excluding hydrogens is 370 g/mol. The first-order chi connectivity index (χ1) is 14.2. The maximum atomic E-state index is 13.0. The second kappa shape index (κ2) is 8.34. The van der Waals surface area contributed by atoms with Crippen LogP contribution in [0.5, 0.6) is 11.5 Å². The lowest BCUT2D eigenvalue weighted by atomic mass is 10.1. The Hall–Kier alpha value is -3.35. The number of hydrogen-bond donors (Lipinski definition) is 0. The van der Waals surface area contributed by atoms with Crippen LogP contribution in [0.25, 0.3) is 0 Å². The topological polar surface area (TPSA) is 77.7 Å². The highest BCUT2D eigenvalue weighted by Crippen LogP contribution is 2.28. The van der Waals surface area contributed by atoms with Gasteiger partial charge in [0.05, 0.1) is 26.3 Å². The minimum atomic E-state index is -0.0879. The molecular formula is C22H23N3O4. The average Bonchev–Trinajstić information content (AvgIpc) is 3.19. The van der Waals surface area contributed by atoms with Gasteiger partial charge >= 0.3 is 0 Å². The van der Waals surface area contributed by atoms with Gasteiger partial charge in [-0.15, -0.1) is 0 Å². The van der Waals surface area contributed by atoms with E-state index < -0.39 is 0 Å². The number of nitrogens with zero attached hydrogens (tertiary/aromatic N) is 3. The van der Waals surface area contributed by atoms with Crippen LogP contribution in [-0.2, 0) is 25.8 Å². The number of amides is 1. The van der Waals surface area contributed by atoms with Crippen LogP contribution in [0.1, 0.15) is 33.3 Å². The summed E-state index contributed by atoms with van der Waals surface area (Å²) in [5.41, 5.74) is 2.49. The minimum Gasteiger partial charge on any atom is -0.497 e. The van der Waals surface area contributed by atoms with Crippen molar-refractivity contribution in [2.24, 2.45) is 0 Å². The van der Waals surface area contributed by atoms with Gasteiger partial charge in [-0.25, -0.2) is 4.98 Å². The molecule has 0 fully saturated rings. The number of fused-ring (bicyclic) bond motifs is 1. The lowest BCUT2D eigenvalue weighted by Gasteiger charge is -2.26. The van der Waals surface area contributed by atoms with Crippen LogP contribution in [-0.4, -0.2) is 41.5 Å². The van der Waals surface area contributed by atoms with E-state index in [1.54, 1.807) is 43.5 Å². The first kappa shape index (κ1) is 19.0. The first-order valence-corrected chi connectivity index (χ1v) is 9.55. The first-order valence-electron chi connectivity index (χ1n) is 9.55. The second-order valence-electron chi connectivity index (χ2n) is 6.88. The number of oxazole rings is 1. The number of aryl methyl sites for hydroxylation is 2. The van der Waals surface area contributed by atoms with Gasteiger partial charge in [-0.1, -0.05) is 6.07 Å². The molecule has 3 aromatic rings. The van der Waals surface area contributed by atoms with Gasteiger partial charge in [0.2, 0.25) is 0 Å². The van der Waals surface area contributed by atoms with Crippen LogP contribution < -0.4 is 9.47 Å². The number of aromatic nitrogens is 2. The minimum absolute atomic E-state index is 0.0879. The van der Waals surface area contributed by atoms with Crippen molar-refractivity contribution in [3.05, 3.63) is 71.2 Å². The van der Waals surface area contributed by atoms with Gasteiger partial charge in [-0.3, -0.25) is 9.78 Å². The summed E-state index contributed by atoms with van der Waals surface area (Å²) < 4.78 is 16.5. The Balaban J connectivity index is 1.46. The molecule has 1 aromatic carbocycles. The largest absolute Gasteiger partial charge is 0.497 e. The van der Waals surface area contributed by atoms with Crippen LogP contribution in [0.15, 0.2) is 47.1 Å². The molecule has 1 aliphatic rings. The van der Waals surface area contributed by atoms with E-state index in [1.807, 2.05) is 18.3 Å². The molecule has 7 nitrogen and oxygen atoms in total. The number of ether oxygens (including phenoxy) is 2. The van der Waals surface area contributed by atoms with Crippen molar-refractivity contribution in [3.63, 3.8) is 0 Å². The summed E-state index contributed by atoms with van der Waals surface area (Å²) in [5.74, 6) is 2.63.